The van der Waals surface area contributed by atoms with E-state index in [9.17, 15) is 0 Å². The van der Waals surface area contributed by atoms with Crippen LogP contribution in [0.1, 0.15) is 45.1 Å². The number of benzene rings is 8. The zero-order valence-electron chi connectivity index (χ0n) is 33.6. The van der Waals surface area contributed by atoms with Gasteiger partial charge in [0.15, 0.2) is 6.17 Å². The molecule has 1 unspecified atom stereocenters. The van der Waals surface area contributed by atoms with Crippen LogP contribution in [0.25, 0.3) is 44.6 Å². The number of amidine groups is 2. The van der Waals surface area contributed by atoms with E-state index in [0.29, 0.717) is 0 Å². The second kappa shape index (κ2) is 14.5. The van der Waals surface area contributed by atoms with Crippen LogP contribution in [-0.2, 0) is 5.41 Å². The number of nitrogens with one attached hydrogen (secondary N) is 1. The molecule has 1 aliphatic carbocycles. The van der Waals surface area contributed by atoms with Gasteiger partial charge in [0.05, 0.1) is 11.1 Å². The summed E-state index contributed by atoms with van der Waals surface area (Å²) in [7, 11) is 0. The second-order valence-corrected chi connectivity index (χ2v) is 16.0. The van der Waals surface area contributed by atoms with Gasteiger partial charge in [0.1, 0.15) is 23.2 Å². The van der Waals surface area contributed by atoms with Gasteiger partial charge in [0, 0.05) is 34.0 Å². The molecule has 2 aliphatic heterocycles. The molecule has 0 saturated heterocycles. The van der Waals surface area contributed by atoms with Crippen LogP contribution < -0.4 is 10.1 Å². The van der Waals surface area contributed by atoms with E-state index in [1.54, 1.807) is 0 Å². The average Bonchev–Trinajstić information content (AvgIpc) is 3.64. The lowest BCUT2D eigenvalue weighted by Crippen LogP contribution is -2.36. The Kier molecular flexibility index (Phi) is 8.39. The summed E-state index contributed by atoms with van der Waals surface area (Å²) in [6.45, 7) is 0. The van der Waals surface area contributed by atoms with Crippen LogP contribution in [0.3, 0.4) is 0 Å². The molecule has 62 heavy (non-hydrogen) atoms. The lowest BCUT2D eigenvalue weighted by Gasteiger charge is -2.39. The Labute approximate surface area is 360 Å². The molecule has 0 saturated carbocycles. The topological polar surface area (TPSA) is 58.9 Å². The first-order valence-corrected chi connectivity index (χ1v) is 21.0. The van der Waals surface area contributed by atoms with Crippen LogP contribution in [0.4, 0.5) is 0 Å². The molecule has 0 radical (unpaired) electrons. The highest BCUT2D eigenvalue weighted by Crippen LogP contribution is 2.61. The summed E-state index contributed by atoms with van der Waals surface area (Å²) in [6.07, 6.45) is 1.49. The quantitative estimate of drug-likeness (QED) is 0.182. The predicted octanol–water partition coefficient (Wildman–Crippen LogP) is 13.0. The van der Waals surface area contributed by atoms with Gasteiger partial charge >= 0.3 is 0 Å². The third kappa shape index (κ3) is 5.81. The summed E-state index contributed by atoms with van der Waals surface area (Å²) in [5.74, 6) is 3.31. The van der Waals surface area contributed by atoms with Gasteiger partial charge in [-0.1, -0.05) is 176 Å². The Morgan fingerprint density at radius 3 is 1.56 bits per heavy atom. The summed E-state index contributed by atoms with van der Waals surface area (Å²) in [5, 5.41) is 3.60. The van der Waals surface area contributed by atoms with E-state index in [2.05, 4.69) is 181 Å². The first-order valence-electron chi connectivity index (χ1n) is 21.0. The third-order valence-corrected chi connectivity index (χ3v) is 12.5. The summed E-state index contributed by atoms with van der Waals surface area (Å²) in [4.78, 5) is 15.4. The predicted molar refractivity (Wildman–Crippen MR) is 250 cm³/mol. The van der Waals surface area contributed by atoms with Crippen molar-refractivity contribution in [2.24, 2.45) is 9.98 Å². The Morgan fingerprint density at radius 1 is 0.387 bits per heavy atom. The van der Waals surface area contributed by atoms with Crippen molar-refractivity contribution in [2.75, 3.05) is 0 Å². The molecule has 5 heteroatoms. The number of ether oxygens (including phenoxy) is 1. The molecule has 292 valence electrons. The number of nitrogens with zero attached hydrogens (tertiary/aromatic N) is 3. The molecule has 12 rings (SSSR count). The van der Waals surface area contributed by atoms with E-state index in [4.69, 9.17) is 19.7 Å². The number of para-hydroxylation sites is 2. The number of aromatic nitrogens is 1. The Bertz CT molecular complexity index is 3200. The van der Waals surface area contributed by atoms with Gasteiger partial charge in [0.2, 0.25) is 0 Å². The SMILES string of the molecule is c1ccc(C2=NC(c3ccc(-c4ccccc4)cc3)N=C(c3cccc(-c4cccc(-c5ccc6c(c5)C5(c7ccccc7Oc7ccccc75)c5cccnc5-6)c4)c3)N2)cc1. The van der Waals surface area contributed by atoms with Crippen molar-refractivity contribution < 1.29 is 4.74 Å². The molecule has 0 fully saturated rings. The molecule has 3 heterocycles. The van der Waals surface area contributed by atoms with Crippen molar-refractivity contribution in [1.82, 2.24) is 10.3 Å². The smallest absolute Gasteiger partial charge is 0.169 e. The number of hydrogen-bond donors (Lipinski definition) is 1. The van der Waals surface area contributed by atoms with Crippen LogP contribution in [0.15, 0.2) is 229 Å². The lowest BCUT2D eigenvalue weighted by atomic mass is 9.66. The molecule has 0 bridgehead atoms. The first-order chi connectivity index (χ1) is 30.7. The maximum Gasteiger partial charge on any atom is 0.169 e. The van der Waals surface area contributed by atoms with Gasteiger partial charge in [0.25, 0.3) is 0 Å². The maximum atomic E-state index is 6.56. The van der Waals surface area contributed by atoms with E-state index < -0.39 is 11.6 Å². The number of fused-ring (bicyclic) bond motifs is 9. The first kappa shape index (κ1) is 35.8. The van der Waals surface area contributed by atoms with E-state index in [-0.39, 0.29) is 0 Å². The fourth-order valence-electron chi connectivity index (χ4n) is 9.57. The van der Waals surface area contributed by atoms with Gasteiger partial charge < -0.3 is 10.1 Å². The van der Waals surface area contributed by atoms with Gasteiger partial charge in [-0.2, -0.15) is 0 Å². The van der Waals surface area contributed by atoms with Crippen molar-refractivity contribution in [3.05, 3.63) is 257 Å². The van der Waals surface area contributed by atoms with Crippen molar-refractivity contribution in [2.45, 2.75) is 11.6 Å². The zero-order valence-corrected chi connectivity index (χ0v) is 33.6. The Hall–Kier alpha value is -8.15. The fraction of sp³-hybridized carbons (Fsp3) is 0.0351. The van der Waals surface area contributed by atoms with Crippen LogP contribution >= 0.6 is 0 Å². The minimum absolute atomic E-state index is 0.405. The highest BCUT2D eigenvalue weighted by molar-refractivity contribution is 6.16. The van der Waals surface area contributed by atoms with Crippen LogP contribution in [-0.4, -0.2) is 16.7 Å². The van der Waals surface area contributed by atoms with Crippen LogP contribution in [0, 0.1) is 0 Å². The largest absolute Gasteiger partial charge is 0.457 e. The van der Waals surface area contributed by atoms with E-state index >= 15 is 0 Å². The molecule has 1 atom stereocenters. The molecule has 8 aromatic carbocycles. The summed E-state index contributed by atoms with van der Waals surface area (Å²) >= 11 is 0. The molecular weight excluding hydrogens is 757 g/mol. The summed E-state index contributed by atoms with van der Waals surface area (Å²) < 4.78 is 6.56. The van der Waals surface area contributed by atoms with E-state index in [1.807, 2.05) is 42.6 Å². The molecule has 5 nitrogen and oxygen atoms in total. The van der Waals surface area contributed by atoms with E-state index in [1.165, 1.54) is 16.7 Å². The minimum atomic E-state index is -0.580. The van der Waals surface area contributed by atoms with Gasteiger partial charge in [-0.3, -0.25) is 4.98 Å². The van der Waals surface area contributed by atoms with Crippen molar-refractivity contribution in [3.8, 4) is 56.1 Å². The second-order valence-electron chi connectivity index (χ2n) is 16.0. The normalized spacial score (nSPS) is 15.2. The molecule has 1 spiro atoms. The van der Waals surface area contributed by atoms with Gasteiger partial charge in [-0.05, 0) is 86.5 Å². The molecule has 1 N–H and O–H groups in total. The Balaban J connectivity index is 0.925. The van der Waals surface area contributed by atoms with Crippen molar-refractivity contribution in [1.29, 1.82) is 0 Å². The fourth-order valence-corrected chi connectivity index (χ4v) is 9.57. The maximum absolute atomic E-state index is 6.56. The van der Waals surface area contributed by atoms with Gasteiger partial charge in [-0.15, -0.1) is 0 Å². The van der Waals surface area contributed by atoms with Gasteiger partial charge in [-0.25, -0.2) is 9.98 Å². The molecule has 1 aromatic heterocycles. The monoisotopic (exact) mass is 794 g/mol. The Morgan fingerprint density at radius 2 is 0.887 bits per heavy atom. The average molecular weight is 795 g/mol. The van der Waals surface area contributed by atoms with Crippen molar-refractivity contribution in [3.63, 3.8) is 0 Å². The van der Waals surface area contributed by atoms with Crippen LogP contribution in [0.2, 0.25) is 0 Å². The minimum Gasteiger partial charge on any atom is -0.457 e. The summed E-state index contributed by atoms with van der Waals surface area (Å²) in [6, 6.07) is 74.9. The number of pyridine rings is 1. The highest BCUT2D eigenvalue weighted by atomic mass is 16.5. The highest BCUT2D eigenvalue weighted by Gasteiger charge is 2.51. The molecular formula is C57H38N4O. The number of hydrogen-bond acceptors (Lipinski definition) is 5. The molecule has 9 aromatic rings. The third-order valence-electron chi connectivity index (χ3n) is 12.5. The van der Waals surface area contributed by atoms with Crippen LogP contribution in [0.5, 0.6) is 11.5 Å². The van der Waals surface area contributed by atoms with E-state index in [0.717, 1.165) is 90.1 Å². The summed E-state index contributed by atoms with van der Waals surface area (Å²) in [5.41, 5.74) is 16.1. The lowest BCUT2D eigenvalue weighted by molar-refractivity contribution is 0.436. The standard InChI is InChI=1S/C57H38N4O/c1-3-14-37(15-4-1)38-27-29-40(30-28-38)55-59-54(39-16-5-2-6-17-39)60-56(61-55)45-21-12-20-43(35-45)41-18-11-19-42(34-41)44-31-32-46-50(36-44)57(49-24-13-33-58-53(46)49)47-22-7-9-25-51(47)62-52-26-10-8-23-48(52)57/h1-36,55H,(H,59,60,61). The van der Waals surface area contributed by atoms with Crippen molar-refractivity contribution >= 4 is 11.7 Å². The zero-order chi connectivity index (χ0) is 41.0. The molecule has 3 aliphatic rings. The number of rotatable bonds is 6. The number of aliphatic imine (C=N–C) groups is 2. The molecule has 0 amide bonds.